The van der Waals surface area contributed by atoms with Crippen LogP contribution >= 0.6 is 0 Å². The maximum absolute atomic E-state index is 14.1. The summed E-state index contributed by atoms with van der Waals surface area (Å²) in [5.74, 6) is 5.51. The first-order valence-electron chi connectivity index (χ1n) is 10.9. The van der Waals surface area contributed by atoms with E-state index in [2.05, 4.69) is 10.4 Å². The molecule has 0 aromatic carbocycles. The summed E-state index contributed by atoms with van der Waals surface area (Å²) in [4.78, 5) is 18.8. The van der Waals surface area contributed by atoms with Crippen LogP contribution in [0.2, 0.25) is 0 Å². The Balaban J connectivity index is 2.31. The smallest absolute Gasteiger partial charge is 0.408 e. The molecule has 0 aliphatic carbocycles. The number of anilines is 1. The number of alkyl halides is 3. The van der Waals surface area contributed by atoms with Gasteiger partial charge in [0, 0.05) is 25.3 Å². The number of hydrogen-bond donors (Lipinski definition) is 3. The predicted molar refractivity (Wildman–Crippen MR) is 120 cm³/mol. The monoisotopic (exact) mass is 475 g/mol. The van der Waals surface area contributed by atoms with Crippen molar-refractivity contribution in [1.82, 2.24) is 14.8 Å². The second-order valence-electron chi connectivity index (χ2n) is 10.5. The highest BCUT2D eigenvalue weighted by molar-refractivity contribution is 5.66. The fraction of sp³-hybridized carbons (Fsp3) is 0.727. The lowest BCUT2D eigenvalue weighted by atomic mass is 9.85. The fourth-order valence-electron chi connectivity index (χ4n) is 4.11. The molecule has 188 valence electrons. The van der Waals surface area contributed by atoms with E-state index in [0.717, 1.165) is 6.20 Å². The van der Waals surface area contributed by atoms with Crippen LogP contribution in [0.5, 0.6) is 0 Å². The number of nitrogens with two attached hydrogens (primary N) is 1. The van der Waals surface area contributed by atoms with Crippen LogP contribution in [-0.2, 0) is 4.74 Å². The van der Waals surface area contributed by atoms with Gasteiger partial charge < -0.3 is 15.3 Å². The minimum absolute atomic E-state index is 0.0209. The van der Waals surface area contributed by atoms with E-state index in [9.17, 15) is 23.1 Å². The van der Waals surface area contributed by atoms with Gasteiger partial charge in [0.2, 0.25) is 0 Å². The van der Waals surface area contributed by atoms with E-state index >= 15 is 0 Å². The Bertz CT molecular complexity index is 790. The SMILES string of the molecule is CC(C)(C)OCC(N(C(=O)O)[C@H]1CCN([C@H](c2ccc(NN)nc2)C(F)(F)F)C1)C(C)(C)C. The lowest BCUT2D eigenvalue weighted by Gasteiger charge is -2.43. The third-order valence-corrected chi connectivity index (χ3v) is 5.74. The van der Waals surface area contributed by atoms with E-state index in [-0.39, 0.29) is 37.5 Å². The van der Waals surface area contributed by atoms with E-state index in [1.165, 1.54) is 21.9 Å². The minimum atomic E-state index is -4.55. The van der Waals surface area contributed by atoms with E-state index in [1.807, 2.05) is 41.5 Å². The average molecular weight is 476 g/mol. The van der Waals surface area contributed by atoms with Crippen LogP contribution in [0.3, 0.4) is 0 Å². The molecule has 1 aliphatic rings. The average Bonchev–Trinajstić information content (AvgIpc) is 3.11. The van der Waals surface area contributed by atoms with Crippen molar-refractivity contribution in [3.05, 3.63) is 23.9 Å². The van der Waals surface area contributed by atoms with Crippen molar-refractivity contribution in [3.63, 3.8) is 0 Å². The number of nitrogens with zero attached hydrogens (tertiary/aromatic N) is 3. The Kier molecular flexibility index (Phi) is 8.24. The van der Waals surface area contributed by atoms with Crippen LogP contribution < -0.4 is 11.3 Å². The Morgan fingerprint density at radius 3 is 2.36 bits per heavy atom. The molecule has 4 N–H and O–H groups in total. The van der Waals surface area contributed by atoms with Gasteiger partial charge in [0.05, 0.1) is 18.2 Å². The molecule has 1 fully saturated rings. The predicted octanol–water partition coefficient (Wildman–Crippen LogP) is 4.25. The van der Waals surface area contributed by atoms with Crippen molar-refractivity contribution in [2.45, 2.75) is 77.9 Å². The molecule has 1 aliphatic heterocycles. The molecule has 1 saturated heterocycles. The number of carbonyl (C=O) groups is 1. The zero-order chi connectivity index (χ0) is 25.2. The molecule has 1 amide bonds. The molecule has 0 saturated carbocycles. The van der Waals surface area contributed by atoms with Gasteiger partial charge in [-0.15, -0.1) is 0 Å². The number of nitrogens with one attached hydrogen (secondary N) is 1. The molecule has 0 spiro atoms. The molecule has 2 rings (SSSR count). The van der Waals surface area contributed by atoms with E-state index in [1.54, 1.807) is 0 Å². The van der Waals surface area contributed by atoms with E-state index < -0.39 is 41.4 Å². The third kappa shape index (κ3) is 7.18. The maximum Gasteiger partial charge on any atom is 0.408 e. The zero-order valence-electron chi connectivity index (χ0n) is 20.1. The molecule has 33 heavy (non-hydrogen) atoms. The highest BCUT2D eigenvalue weighted by Gasteiger charge is 2.49. The molecular formula is C22H36F3N5O3. The number of aromatic nitrogens is 1. The van der Waals surface area contributed by atoms with Gasteiger partial charge in [0.1, 0.15) is 11.9 Å². The second-order valence-corrected chi connectivity index (χ2v) is 10.5. The van der Waals surface area contributed by atoms with Crippen LogP contribution in [0.4, 0.5) is 23.8 Å². The topological polar surface area (TPSA) is 104 Å². The normalized spacial score (nSPS) is 19.9. The molecule has 2 heterocycles. The van der Waals surface area contributed by atoms with Crippen molar-refractivity contribution in [1.29, 1.82) is 0 Å². The summed E-state index contributed by atoms with van der Waals surface area (Å²) in [6.07, 6.45) is -4.29. The molecule has 0 bridgehead atoms. The van der Waals surface area contributed by atoms with E-state index in [0.29, 0.717) is 0 Å². The first-order valence-corrected chi connectivity index (χ1v) is 10.9. The van der Waals surface area contributed by atoms with Crippen molar-refractivity contribution in [2.24, 2.45) is 11.3 Å². The lowest BCUT2D eigenvalue weighted by Crippen LogP contribution is -2.55. The summed E-state index contributed by atoms with van der Waals surface area (Å²) < 4.78 is 48.1. The van der Waals surface area contributed by atoms with Gasteiger partial charge >= 0.3 is 12.3 Å². The number of pyridine rings is 1. The summed E-state index contributed by atoms with van der Waals surface area (Å²) >= 11 is 0. The molecule has 1 aromatic heterocycles. The third-order valence-electron chi connectivity index (χ3n) is 5.74. The molecular weight excluding hydrogens is 439 g/mol. The first kappa shape index (κ1) is 27.1. The first-order chi connectivity index (χ1) is 15.0. The van der Waals surface area contributed by atoms with Gasteiger partial charge in [0.25, 0.3) is 0 Å². The Morgan fingerprint density at radius 2 is 1.94 bits per heavy atom. The second kappa shape index (κ2) is 10.0. The number of hydrogen-bond acceptors (Lipinski definition) is 6. The van der Waals surface area contributed by atoms with Gasteiger partial charge in [-0.05, 0) is 44.2 Å². The van der Waals surface area contributed by atoms with Crippen LogP contribution in [0.15, 0.2) is 18.3 Å². The molecule has 11 heteroatoms. The largest absolute Gasteiger partial charge is 0.465 e. The van der Waals surface area contributed by atoms with Gasteiger partial charge in [-0.1, -0.05) is 26.8 Å². The van der Waals surface area contributed by atoms with E-state index in [4.69, 9.17) is 10.6 Å². The standard InChI is InChI=1S/C22H36F3N5O3/c1-20(2,3)16(13-33-21(4,5)6)30(19(31)32)15-9-10-29(12-15)18(22(23,24)25)14-7-8-17(28-26)27-11-14/h7-8,11,15-16,18H,9-10,12-13,26H2,1-6H3,(H,27,28)(H,31,32)/t15-,16?,18+/m0/s1. The summed E-state index contributed by atoms with van der Waals surface area (Å²) in [6, 6.07) is -0.308. The lowest BCUT2D eigenvalue weighted by molar-refractivity contribution is -0.184. The highest BCUT2D eigenvalue weighted by Crippen LogP contribution is 2.41. The van der Waals surface area contributed by atoms with Crippen LogP contribution in [-0.4, -0.2) is 69.5 Å². The van der Waals surface area contributed by atoms with Crippen molar-refractivity contribution in [3.8, 4) is 0 Å². The van der Waals surface area contributed by atoms with Crippen LogP contribution in [0.1, 0.15) is 59.6 Å². The maximum atomic E-state index is 14.1. The number of likely N-dealkylation sites (tertiary alicyclic amines) is 1. The van der Waals surface area contributed by atoms with Crippen molar-refractivity contribution >= 4 is 11.9 Å². The van der Waals surface area contributed by atoms with Crippen molar-refractivity contribution < 1.29 is 27.8 Å². The van der Waals surface area contributed by atoms with Crippen molar-refractivity contribution in [2.75, 3.05) is 25.1 Å². The summed E-state index contributed by atoms with van der Waals surface area (Å²) in [5.41, 5.74) is 1.32. The molecule has 0 radical (unpaired) electrons. The number of halogens is 3. The number of hydrazine groups is 1. The number of amides is 1. The molecule has 1 aromatic rings. The van der Waals surface area contributed by atoms with Gasteiger partial charge in [-0.3, -0.25) is 9.80 Å². The fourth-order valence-corrected chi connectivity index (χ4v) is 4.11. The minimum Gasteiger partial charge on any atom is -0.465 e. The number of rotatable bonds is 7. The zero-order valence-corrected chi connectivity index (χ0v) is 20.1. The number of ether oxygens (including phenoxy) is 1. The van der Waals surface area contributed by atoms with Gasteiger partial charge in [0.15, 0.2) is 0 Å². The number of carboxylic acid groups (broad SMARTS) is 1. The Labute approximate surface area is 193 Å². The van der Waals surface area contributed by atoms with Crippen LogP contribution in [0.25, 0.3) is 0 Å². The molecule has 1 unspecified atom stereocenters. The molecule has 3 atom stereocenters. The number of nitrogen functional groups attached to an aromatic ring is 1. The van der Waals surface area contributed by atoms with Gasteiger partial charge in [-0.25, -0.2) is 15.6 Å². The quantitative estimate of drug-likeness (QED) is 0.400. The summed E-state index contributed by atoms with van der Waals surface area (Å²) in [5, 5.41) is 10.1. The molecule has 8 nitrogen and oxygen atoms in total. The summed E-state index contributed by atoms with van der Waals surface area (Å²) in [7, 11) is 0. The Hall–Kier alpha value is -2.11. The van der Waals surface area contributed by atoms with Crippen LogP contribution in [0, 0.1) is 5.41 Å². The van der Waals surface area contributed by atoms with Gasteiger partial charge in [-0.2, -0.15) is 13.2 Å². The Morgan fingerprint density at radius 1 is 1.30 bits per heavy atom. The highest BCUT2D eigenvalue weighted by atomic mass is 19.4. The summed E-state index contributed by atoms with van der Waals surface area (Å²) in [6.45, 7) is 11.6.